The third kappa shape index (κ3) is 1.86. The van der Waals surface area contributed by atoms with E-state index in [4.69, 9.17) is 5.73 Å². The summed E-state index contributed by atoms with van der Waals surface area (Å²) in [6, 6.07) is 4.05. The van der Waals surface area contributed by atoms with Crippen molar-refractivity contribution in [2.45, 2.75) is 18.9 Å². The van der Waals surface area contributed by atoms with Gasteiger partial charge in [-0.25, -0.2) is 15.0 Å². The topological polar surface area (TPSA) is 104 Å². The highest BCUT2D eigenvalue weighted by molar-refractivity contribution is 7.15. The van der Waals surface area contributed by atoms with Crippen molar-refractivity contribution >= 4 is 22.4 Å². The SMILES string of the molecule is CCC(N)(C#N)c1ncc(-c2ncnc3[nH]ccc23)s1. The molecule has 0 amide bonds. The van der Waals surface area contributed by atoms with Gasteiger partial charge in [0, 0.05) is 17.8 Å². The van der Waals surface area contributed by atoms with E-state index in [9.17, 15) is 5.26 Å². The molecule has 6 nitrogen and oxygen atoms in total. The van der Waals surface area contributed by atoms with Gasteiger partial charge in [0.2, 0.25) is 0 Å². The first-order valence-electron chi connectivity index (χ1n) is 6.13. The van der Waals surface area contributed by atoms with Crippen molar-refractivity contribution in [3.8, 4) is 16.6 Å². The molecule has 0 aromatic carbocycles. The summed E-state index contributed by atoms with van der Waals surface area (Å²) in [6.07, 6.45) is 5.55. The third-order valence-corrected chi connectivity index (χ3v) is 4.41. The van der Waals surface area contributed by atoms with Gasteiger partial charge in [-0.3, -0.25) is 0 Å². The van der Waals surface area contributed by atoms with Crippen LogP contribution in [-0.4, -0.2) is 19.9 Å². The summed E-state index contributed by atoms with van der Waals surface area (Å²) in [5, 5.41) is 10.8. The quantitative estimate of drug-likeness (QED) is 0.767. The Morgan fingerprint density at radius 3 is 3.05 bits per heavy atom. The van der Waals surface area contributed by atoms with Crippen LogP contribution in [0.3, 0.4) is 0 Å². The van der Waals surface area contributed by atoms with E-state index in [1.54, 1.807) is 6.20 Å². The Kier molecular flexibility index (Phi) is 2.97. The van der Waals surface area contributed by atoms with E-state index in [-0.39, 0.29) is 0 Å². The lowest BCUT2D eigenvalue weighted by atomic mass is 10.0. The Morgan fingerprint density at radius 2 is 2.30 bits per heavy atom. The number of nitrogens with one attached hydrogen (secondary N) is 1. The molecule has 1 unspecified atom stereocenters. The number of hydrogen-bond acceptors (Lipinski definition) is 6. The second-order valence-electron chi connectivity index (χ2n) is 4.43. The van der Waals surface area contributed by atoms with E-state index in [2.05, 4.69) is 26.0 Å². The number of H-pyrrole nitrogens is 1. The van der Waals surface area contributed by atoms with Crippen molar-refractivity contribution in [3.05, 3.63) is 29.8 Å². The third-order valence-electron chi connectivity index (χ3n) is 3.23. The lowest BCUT2D eigenvalue weighted by Crippen LogP contribution is -2.33. The van der Waals surface area contributed by atoms with Gasteiger partial charge in [0.1, 0.15) is 17.0 Å². The van der Waals surface area contributed by atoms with Gasteiger partial charge in [-0.2, -0.15) is 5.26 Å². The zero-order valence-electron chi connectivity index (χ0n) is 10.8. The van der Waals surface area contributed by atoms with Crippen molar-refractivity contribution in [1.82, 2.24) is 19.9 Å². The predicted molar refractivity (Wildman–Crippen MR) is 76.8 cm³/mol. The average molecular weight is 284 g/mol. The molecule has 0 aliphatic carbocycles. The van der Waals surface area contributed by atoms with E-state index in [1.807, 2.05) is 19.2 Å². The van der Waals surface area contributed by atoms with Crippen LogP contribution >= 0.6 is 11.3 Å². The fourth-order valence-electron chi connectivity index (χ4n) is 1.94. The second kappa shape index (κ2) is 4.67. The van der Waals surface area contributed by atoms with Crippen LogP contribution < -0.4 is 5.73 Å². The molecule has 0 aliphatic rings. The molecule has 0 spiro atoms. The maximum Gasteiger partial charge on any atom is 0.156 e. The van der Waals surface area contributed by atoms with Crippen LogP contribution in [0.15, 0.2) is 24.8 Å². The summed E-state index contributed by atoms with van der Waals surface area (Å²) in [7, 11) is 0. The number of aromatic nitrogens is 4. The first-order valence-corrected chi connectivity index (χ1v) is 6.94. The minimum atomic E-state index is -1.03. The minimum absolute atomic E-state index is 0.514. The Bertz CT molecular complexity index is 798. The number of nitrogens with two attached hydrogens (primary N) is 1. The molecule has 0 bridgehead atoms. The zero-order valence-corrected chi connectivity index (χ0v) is 11.6. The Labute approximate surface area is 119 Å². The van der Waals surface area contributed by atoms with Gasteiger partial charge >= 0.3 is 0 Å². The van der Waals surface area contributed by atoms with E-state index in [0.717, 1.165) is 21.6 Å². The zero-order chi connectivity index (χ0) is 14.2. The summed E-state index contributed by atoms with van der Waals surface area (Å²) in [5.74, 6) is 0. The fourth-order valence-corrected chi connectivity index (χ4v) is 2.99. The molecule has 0 saturated heterocycles. The van der Waals surface area contributed by atoms with Crippen molar-refractivity contribution < 1.29 is 0 Å². The smallest absolute Gasteiger partial charge is 0.156 e. The lowest BCUT2D eigenvalue weighted by molar-refractivity contribution is 0.551. The Hall–Kier alpha value is -2.30. The largest absolute Gasteiger partial charge is 0.346 e. The number of thiazole rings is 1. The molecule has 0 radical (unpaired) electrons. The summed E-state index contributed by atoms with van der Waals surface area (Å²) in [4.78, 5) is 16.7. The van der Waals surface area contributed by atoms with E-state index in [1.165, 1.54) is 17.7 Å². The van der Waals surface area contributed by atoms with Gasteiger partial charge < -0.3 is 10.7 Å². The number of rotatable bonds is 3. The van der Waals surface area contributed by atoms with Gasteiger partial charge in [0.15, 0.2) is 5.54 Å². The second-order valence-corrected chi connectivity index (χ2v) is 5.46. The van der Waals surface area contributed by atoms with E-state index < -0.39 is 5.54 Å². The molecular weight excluding hydrogens is 272 g/mol. The maximum absolute atomic E-state index is 9.22. The normalized spacial score (nSPS) is 14.1. The molecule has 3 N–H and O–H groups in total. The molecule has 1 atom stereocenters. The molecule has 0 aliphatic heterocycles. The van der Waals surface area contributed by atoms with Crippen molar-refractivity contribution in [1.29, 1.82) is 5.26 Å². The molecule has 0 fully saturated rings. The first-order chi connectivity index (χ1) is 9.68. The first kappa shape index (κ1) is 12.7. The number of aromatic amines is 1. The van der Waals surface area contributed by atoms with Gasteiger partial charge in [-0.1, -0.05) is 6.92 Å². The summed E-state index contributed by atoms with van der Waals surface area (Å²) in [6.45, 7) is 1.87. The molecule has 100 valence electrons. The van der Waals surface area contributed by atoms with Crippen LogP contribution in [0.2, 0.25) is 0 Å². The molecule has 7 heteroatoms. The highest BCUT2D eigenvalue weighted by Gasteiger charge is 2.29. The molecule has 20 heavy (non-hydrogen) atoms. The van der Waals surface area contributed by atoms with Crippen LogP contribution in [0.1, 0.15) is 18.4 Å². The minimum Gasteiger partial charge on any atom is -0.346 e. The van der Waals surface area contributed by atoms with Gasteiger partial charge in [0.25, 0.3) is 0 Å². The monoisotopic (exact) mass is 284 g/mol. The van der Waals surface area contributed by atoms with Crippen molar-refractivity contribution in [2.24, 2.45) is 5.73 Å². The Balaban J connectivity index is 2.11. The highest BCUT2D eigenvalue weighted by atomic mass is 32.1. The van der Waals surface area contributed by atoms with Crippen LogP contribution in [0.4, 0.5) is 0 Å². The number of nitrogens with zero attached hydrogens (tertiary/aromatic N) is 4. The molecule has 3 aromatic heterocycles. The summed E-state index contributed by atoms with van der Waals surface area (Å²) >= 11 is 1.40. The lowest BCUT2D eigenvalue weighted by Gasteiger charge is -2.15. The van der Waals surface area contributed by atoms with Gasteiger partial charge in [0.05, 0.1) is 16.6 Å². The highest BCUT2D eigenvalue weighted by Crippen LogP contribution is 2.33. The summed E-state index contributed by atoms with van der Waals surface area (Å²) in [5.41, 5.74) is 6.60. The predicted octanol–water partition coefficient (Wildman–Crippen LogP) is 2.17. The molecule has 3 rings (SSSR count). The molecule has 0 saturated carbocycles. The van der Waals surface area contributed by atoms with Crippen LogP contribution in [0.5, 0.6) is 0 Å². The average Bonchev–Trinajstić information content (AvgIpc) is 3.14. The summed E-state index contributed by atoms with van der Waals surface area (Å²) < 4.78 is 0. The van der Waals surface area contributed by atoms with Gasteiger partial charge in [-0.15, -0.1) is 11.3 Å². The van der Waals surface area contributed by atoms with Crippen LogP contribution in [0.25, 0.3) is 21.6 Å². The van der Waals surface area contributed by atoms with Crippen LogP contribution in [0, 0.1) is 11.3 Å². The van der Waals surface area contributed by atoms with E-state index in [0.29, 0.717) is 11.4 Å². The standard InChI is InChI=1S/C13H12N6S/c1-2-13(15,6-14)12-17-5-9(20-12)10-8-3-4-16-11(8)19-7-18-10/h3-5,7H,2,15H2,1H3,(H,16,18,19). The van der Waals surface area contributed by atoms with Gasteiger partial charge in [-0.05, 0) is 12.5 Å². The van der Waals surface area contributed by atoms with Crippen LogP contribution in [-0.2, 0) is 5.54 Å². The van der Waals surface area contributed by atoms with Crippen molar-refractivity contribution in [3.63, 3.8) is 0 Å². The molecule has 3 heterocycles. The maximum atomic E-state index is 9.22. The number of hydrogen-bond donors (Lipinski definition) is 2. The van der Waals surface area contributed by atoms with Crippen molar-refractivity contribution in [2.75, 3.05) is 0 Å². The fraction of sp³-hybridized carbons (Fsp3) is 0.231. The Morgan fingerprint density at radius 1 is 1.45 bits per heavy atom. The van der Waals surface area contributed by atoms with E-state index >= 15 is 0 Å². The number of nitriles is 1. The molecule has 3 aromatic rings. The number of fused-ring (bicyclic) bond motifs is 1. The molecular formula is C13H12N6S.